The maximum absolute atomic E-state index is 13.2. The Morgan fingerprint density at radius 1 is 1.00 bits per heavy atom. The van der Waals surface area contributed by atoms with Crippen molar-refractivity contribution in [2.24, 2.45) is 5.92 Å². The van der Waals surface area contributed by atoms with Gasteiger partial charge in [-0.3, -0.25) is 14.5 Å². The molecule has 0 aliphatic carbocycles. The first-order chi connectivity index (χ1) is 16.3. The molecule has 1 N–H and O–H groups in total. The molecule has 1 atom stereocenters. The molecule has 0 bridgehead atoms. The van der Waals surface area contributed by atoms with Crippen molar-refractivity contribution in [1.29, 1.82) is 0 Å². The number of hydrogen-bond acceptors (Lipinski definition) is 5. The van der Waals surface area contributed by atoms with Gasteiger partial charge in [0.25, 0.3) is 11.7 Å². The van der Waals surface area contributed by atoms with Gasteiger partial charge in [0.2, 0.25) is 0 Å². The third kappa shape index (κ3) is 4.64. The van der Waals surface area contributed by atoms with Crippen LogP contribution in [0, 0.1) is 5.92 Å². The number of amides is 1. The van der Waals surface area contributed by atoms with Crippen molar-refractivity contribution < 1.29 is 19.4 Å². The zero-order valence-corrected chi connectivity index (χ0v) is 20.6. The molecule has 1 unspecified atom stereocenters. The van der Waals surface area contributed by atoms with Crippen LogP contribution in [0.1, 0.15) is 55.7 Å². The van der Waals surface area contributed by atoms with Gasteiger partial charge in [-0.2, -0.15) is 0 Å². The van der Waals surface area contributed by atoms with Crippen LogP contribution in [0.3, 0.4) is 0 Å². The third-order valence-electron chi connectivity index (χ3n) is 5.81. The van der Waals surface area contributed by atoms with E-state index in [-0.39, 0.29) is 11.3 Å². The summed E-state index contributed by atoms with van der Waals surface area (Å²) in [6.07, 6.45) is 0. The van der Waals surface area contributed by atoms with Crippen LogP contribution in [-0.4, -0.2) is 23.4 Å². The highest BCUT2D eigenvalue weighted by atomic mass is 32.1. The van der Waals surface area contributed by atoms with Gasteiger partial charge in [-0.25, -0.2) is 0 Å². The Kier molecular flexibility index (Phi) is 6.89. The van der Waals surface area contributed by atoms with Crippen molar-refractivity contribution in [3.63, 3.8) is 0 Å². The van der Waals surface area contributed by atoms with Crippen molar-refractivity contribution in [3.8, 4) is 5.75 Å². The molecule has 0 spiro atoms. The average Bonchev–Trinajstić information content (AvgIpc) is 3.44. The zero-order valence-electron chi connectivity index (χ0n) is 19.8. The Bertz CT molecular complexity index is 1190. The fraction of sp³-hybridized carbons (Fsp3) is 0.286. The number of thiophene rings is 1. The molecular formula is C28H29NO4S. The summed E-state index contributed by atoms with van der Waals surface area (Å²) < 4.78 is 5.72. The van der Waals surface area contributed by atoms with Gasteiger partial charge in [-0.15, -0.1) is 11.3 Å². The summed E-state index contributed by atoms with van der Waals surface area (Å²) >= 11 is 1.45. The van der Waals surface area contributed by atoms with E-state index in [1.165, 1.54) is 16.2 Å². The first-order valence-corrected chi connectivity index (χ1v) is 12.3. The monoisotopic (exact) mass is 475 g/mol. The van der Waals surface area contributed by atoms with Gasteiger partial charge in [-0.1, -0.05) is 45.9 Å². The molecule has 1 saturated heterocycles. The Hall–Kier alpha value is -3.38. The molecule has 1 aliphatic rings. The molecule has 5 nitrogen and oxygen atoms in total. The van der Waals surface area contributed by atoms with E-state index < -0.39 is 17.7 Å². The van der Waals surface area contributed by atoms with Gasteiger partial charge in [0.15, 0.2) is 0 Å². The lowest BCUT2D eigenvalue weighted by Gasteiger charge is -2.24. The van der Waals surface area contributed by atoms with E-state index >= 15 is 0 Å². The normalized spacial score (nSPS) is 17.7. The maximum atomic E-state index is 13.2. The number of carbonyl (C=O) groups is 2. The van der Waals surface area contributed by atoms with E-state index in [1.807, 2.05) is 41.8 Å². The minimum absolute atomic E-state index is 0.0937. The number of hydrogen-bond donors (Lipinski definition) is 1. The highest BCUT2D eigenvalue weighted by Crippen LogP contribution is 2.43. The Morgan fingerprint density at radius 2 is 1.68 bits per heavy atom. The summed E-state index contributed by atoms with van der Waals surface area (Å²) in [5.41, 5.74) is 2.33. The average molecular weight is 476 g/mol. The lowest BCUT2D eigenvalue weighted by atomic mass is 9.99. The summed E-state index contributed by atoms with van der Waals surface area (Å²) in [5.74, 6) is -0.0909. The summed E-state index contributed by atoms with van der Waals surface area (Å²) in [4.78, 5) is 28.7. The molecule has 1 fully saturated rings. The Morgan fingerprint density at radius 3 is 2.24 bits per heavy atom. The lowest BCUT2D eigenvalue weighted by molar-refractivity contribution is -0.132. The molecule has 1 aromatic heterocycles. The van der Waals surface area contributed by atoms with Crippen LogP contribution in [0.5, 0.6) is 5.75 Å². The molecule has 0 radical (unpaired) electrons. The Balaban J connectivity index is 1.76. The number of anilines is 1. The molecule has 6 heteroatoms. The Labute approximate surface area is 204 Å². The smallest absolute Gasteiger partial charge is 0.300 e. The molecular weight excluding hydrogens is 446 g/mol. The number of nitrogens with zero attached hydrogens (tertiary/aromatic N) is 1. The van der Waals surface area contributed by atoms with Gasteiger partial charge in [0.1, 0.15) is 17.6 Å². The van der Waals surface area contributed by atoms with Crippen LogP contribution in [0.4, 0.5) is 5.69 Å². The summed E-state index contributed by atoms with van der Waals surface area (Å²) in [7, 11) is 0. The van der Waals surface area contributed by atoms with Gasteiger partial charge >= 0.3 is 0 Å². The fourth-order valence-electron chi connectivity index (χ4n) is 3.96. The minimum atomic E-state index is -0.693. The fourth-order valence-corrected chi connectivity index (χ4v) is 4.79. The molecule has 34 heavy (non-hydrogen) atoms. The number of ether oxygens (including phenoxy) is 1. The van der Waals surface area contributed by atoms with Gasteiger partial charge in [0, 0.05) is 16.1 Å². The number of rotatable bonds is 7. The minimum Gasteiger partial charge on any atom is -0.507 e. The van der Waals surface area contributed by atoms with Gasteiger partial charge in [-0.05, 0) is 65.2 Å². The second-order valence-electron chi connectivity index (χ2n) is 9.16. The van der Waals surface area contributed by atoms with Crippen molar-refractivity contribution >= 4 is 34.5 Å². The SMILES string of the molecule is CC(C)COc1ccc(/C(O)=C2/C(=O)C(=O)N(c3ccc(C(C)C)cc3)C2c2cccs2)cc1. The number of aliphatic hydroxyl groups excluding tert-OH is 1. The van der Waals surface area contributed by atoms with Crippen LogP contribution in [0.25, 0.3) is 5.76 Å². The van der Waals surface area contributed by atoms with Crippen molar-refractivity contribution in [1.82, 2.24) is 0 Å². The largest absolute Gasteiger partial charge is 0.507 e. The van der Waals surface area contributed by atoms with E-state index in [4.69, 9.17) is 4.74 Å². The second kappa shape index (κ2) is 9.85. The van der Waals surface area contributed by atoms with Crippen molar-refractivity contribution in [2.75, 3.05) is 11.5 Å². The van der Waals surface area contributed by atoms with Crippen molar-refractivity contribution in [3.05, 3.63) is 87.6 Å². The number of aliphatic hydroxyl groups is 1. The highest BCUT2D eigenvalue weighted by Gasteiger charge is 2.47. The first-order valence-electron chi connectivity index (χ1n) is 11.5. The third-order valence-corrected chi connectivity index (χ3v) is 6.73. The number of ketones is 1. The topological polar surface area (TPSA) is 66.8 Å². The van der Waals surface area contributed by atoms with Gasteiger partial charge < -0.3 is 9.84 Å². The van der Waals surface area contributed by atoms with E-state index in [0.717, 1.165) is 10.4 Å². The molecule has 2 aromatic carbocycles. The molecule has 1 amide bonds. The van der Waals surface area contributed by atoms with Crippen LogP contribution in [0.2, 0.25) is 0 Å². The van der Waals surface area contributed by atoms with E-state index in [9.17, 15) is 14.7 Å². The summed E-state index contributed by atoms with van der Waals surface area (Å²) in [6.45, 7) is 8.93. The van der Waals surface area contributed by atoms with Gasteiger partial charge in [0.05, 0.1) is 12.2 Å². The number of carbonyl (C=O) groups excluding carboxylic acids is 2. The number of benzene rings is 2. The van der Waals surface area contributed by atoms with Crippen molar-refractivity contribution in [2.45, 2.75) is 39.7 Å². The quantitative estimate of drug-likeness (QED) is 0.240. The first kappa shape index (κ1) is 23.8. The van der Waals surface area contributed by atoms with Crippen LogP contribution >= 0.6 is 11.3 Å². The predicted octanol–water partition coefficient (Wildman–Crippen LogP) is 6.53. The second-order valence-corrected chi connectivity index (χ2v) is 10.1. The van der Waals surface area contributed by atoms with E-state index in [0.29, 0.717) is 35.4 Å². The number of Topliss-reactive ketones (excluding diaryl/α,β-unsaturated/α-hetero) is 1. The van der Waals surface area contributed by atoms with Crippen LogP contribution in [-0.2, 0) is 9.59 Å². The zero-order chi connectivity index (χ0) is 24.4. The maximum Gasteiger partial charge on any atom is 0.300 e. The van der Waals surface area contributed by atoms with Crippen LogP contribution < -0.4 is 9.64 Å². The predicted molar refractivity (Wildman–Crippen MR) is 136 cm³/mol. The summed E-state index contributed by atoms with van der Waals surface area (Å²) in [6, 6.07) is 17.7. The lowest BCUT2D eigenvalue weighted by Crippen LogP contribution is -2.29. The standard InChI is InChI=1S/C28H29NO4S/c1-17(2)16-33-22-13-9-20(10-14-22)26(30)24-25(23-6-5-15-34-23)29(28(32)27(24)31)21-11-7-19(8-12-21)18(3)4/h5-15,17-18,25,30H,16H2,1-4H3/b26-24-. The molecule has 0 saturated carbocycles. The van der Waals surface area contributed by atoms with E-state index in [1.54, 1.807) is 24.3 Å². The highest BCUT2D eigenvalue weighted by molar-refractivity contribution is 7.10. The summed E-state index contributed by atoms with van der Waals surface area (Å²) in [5, 5.41) is 13.1. The molecule has 3 aromatic rings. The molecule has 4 rings (SSSR count). The molecule has 1 aliphatic heterocycles. The van der Waals surface area contributed by atoms with Crippen LogP contribution in [0.15, 0.2) is 71.6 Å². The molecule has 176 valence electrons. The van der Waals surface area contributed by atoms with E-state index in [2.05, 4.69) is 27.7 Å². The molecule has 2 heterocycles.